The van der Waals surface area contributed by atoms with Gasteiger partial charge in [-0.25, -0.2) is 0 Å². The maximum absolute atomic E-state index is 6.28. The number of aromatic nitrogens is 2. The molecule has 0 unspecified atom stereocenters. The molecule has 0 radical (unpaired) electrons. The van der Waals surface area contributed by atoms with Crippen LogP contribution in [0.4, 0.5) is 0 Å². The SMILES string of the molecule is COc1cc2nccc(Oc3cc(C)nc4ccccc34)c2cc1OC. The topological polar surface area (TPSA) is 53.5 Å². The zero-order chi connectivity index (χ0) is 18.1. The molecule has 0 atom stereocenters. The van der Waals surface area contributed by atoms with Crippen LogP contribution in [0.3, 0.4) is 0 Å². The number of rotatable bonds is 4. The van der Waals surface area contributed by atoms with Crippen molar-refractivity contribution in [2.75, 3.05) is 14.2 Å². The van der Waals surface area contributed by atoms with E-state index in [1.807, 2.05) is 55.5 Å². The minimum atomic E-state index is 0.633. The highest BCUT2D eigenvalue weighted by molar-refractivity contribution is 5.90. The number of fused-ring (bicyclic) bond motifs is 2. The van der Waals surface area contributed by atoms with E-state index in [9.17, 15) is 0 Å². The first-order valence-electron chi connectivity index (χ1n) is 8.24. The highest BCUT2D eigenvalue weighted by Gasteiger charge is 2.13. The fourth-order valence-electron chi connectivity index (χ4n) is 3.01. The first-order chi connectivity index (χ1) is 12.7. The van der Waals surface area contributed by atoms with Crippen molar-refractivity contribution in [3.8, 4) is 23.0 Å². The van der Waals surface area contributed by atoms with Gasteiger partial charge in [-0.3, -0.25) is 9.97 Å². The molecule has 0 aliphatic rings. The number of nitrogens with zero attached hydrogens (tertiary/aromatic N) is 2. The largest absolute Gasteiger partial charge is 0.493 e. The summed E-state index contributed by atoms with van der Waals surface area (Å²) in [6.07, 6.45) is 1.72. The summed E-state index contributed by atoms with van der Waals surface area (Å²) in [6, 6.07) is 15.4. The summed E-state index contributed by atoms with van der Waals surface area (Å²) in [7, 11) is 3.22. The van der Waals surface area contributed by atoms with Crippen molar-refractivity contribution in [1.29, 1.82) is 0 Å². The lowest BCUT2D eigenvalue weighted by Gasteiger charge is -2.13. The van der Waals surface area contributed by atoms with E-state index in [0.29, 0.717) is 17.2 Å². The van der Waals surface area contributed by atoms with Crippen LogP contribution >= 0.6 is 0 Å². The summed E-state index contributed by atoms with van der Waals surface area (Å²) in [5.74, 6) is 2.73. The minimum Gasteiger partial charge on any atom is -0.493 e. The summed E-state index contributed by atoms with van der Waals surface area (Å²) in [4.78, 5) is 8.98. The van der Waals surface area contributed by atoms with Crippen molar-refractivity contribution in [2.45, 2.75) is 6.92 Å². The van der Waals surface area contributed by atoms with E-state index in [0.717, 1.165) is 33.2 Å². The number of hydrogen-bond donors (Lipinski definition) is 0. The Bertz CT molecular complexity index is 1110. The monoisotopic (exact) mass is 346 g/mol. The van der Waals surface area contributed by atoms with Crippen LogP contribution in [0.2, 0.25) is 0 Å². The van der Waals surface area contributed by atoms with E-state index in [-0.39, 0.29) is 0 Å². The van der Waals surface area contributed by atoms with Crippen LogP contribution in [-0.4, -0.2) is 24.2 Å². The minimum absolute atomic E-state index is 0.633. The number of hydrogen-bond acceptors (Lipinski definition) is 5. The first-order valence-corrected chi connectivity index (χ1v) is 8.24. The fourth-order valence-corrected chi connectivity index (χ4v) is 3.01. The van der Waals surface area contributed by atoms with Gasteiger partial charge < -0.3 is 14.2 Å². The molecule has 2 aromatic carbocycles. The van der Waals surface area contributed by atoms with E-state index < -0.39 is 0 Å². The van der Waals surface area contributed by atoms with Crippen molar-refractivity contribution in [1.82, 2.24) is 9.97 Å². The van der Waals surface area contributed by atoms with Crippen LogP contribution in [0.5, 0.6) is 23.0 Å². The molecule has 130 valence electrons. The Hall–Kier alpha value is -3.34. The molecule has 0 saturated carbocycles. The van der Waals surface area contributed by atoms with Crippen LogP contribution in [0, 0.1) is 6.92 Å². The van der Waals surface area contributed by atoms with Gasteiger partial charge in [-0.2, -0.15) is 0 Å². The molecule has 5 heteroatoms. The lowest BCUT2D eigenvalue weighted by Crippen LogP contribution is -1.94. The molecule has 0 amide bonds. The van der Waals surface area contributed by atoms with E-state index >= 15 is 0 Å². The quantitative estimate of drug-likeness (QED) is 0.526. The van der Waals surface area contributed by atoms with Gasteiger partial charge in [0.25, 0.3) is 0 Å². The molecule has 0 saturated heterocycles. The molecule has 0 fully saturated rings. The van der Waals surface area contributed by atoms with Crippen molar-refractivity contribution in [3.05, 3.63) is 60.4 Å². The highest BCUT2D eigenvalue weighted by atomic mass is 16.5. The van der Waals surface area contributed by atoms with Gasteiger partial charge in [0, 0.05) is 34.8 Å². The van der Waals surface area contributed by atoms with Gasteiger partial charge in [0.05, 0.1) is 25.3 Å². The molecule has 0 aliphatic carbocycles. The molecule has 26 heavy (non-hydrogen) atoms. The van der Waals surface area contributed by atoms with Gasteiger partial charge >= 0.3 is 0 Å². The van der Waals surface area contributed by atoms with E-state index in [4.69, 9.17) is 14.2 Å². The Morgan fingerprint density at radius 1 is 0.731 bits per heavy atom. The number of pyridine rings is 2. The summed E-state index contributed by atoms with van der Waals surface area (Å²) < 4.78 is 17.1. The Kier molecular flexibility index (Phi) is 4.05. The molecular formula is C21H18N2O3. The third-order valence-corrected chi connectivity index (χ3v) is 4.23. The molecule has 4 rings (SSSR count). The number of para-hydroxylation sites is 1. The third kappa shape index (κ3) is 2.77. The van der Waals surface area contributed by atoms with Crippen LogP contribution in [0.15, 0.2) is 54.7 Å². The van der Waals surface area contributed by atoms with Gasteiger partial charge in [0.2, 0.25) is 0 Å². The Morgan fingerprint density at radius 2 is 1.50 bits per heavy atom. The van der Waals surface area contributed by atoms with E-state index in [2.05, 4.69) is 9.97 Å². The second-order valence-corrected chi connectivity index (χ2v) is 5.91. The highest BCUT2D eigenvalue weighted by Crippen LogP contribution is 2.38. The van der Waals surface area contributed by atoms with Crippen molar-refractivity contribution in [3.63, 3.8) is 0 Å². The number of ether oxygens (including phenoxy) is 3. The maximum Gasteiger partial charge on any atom is 0.162 e. The zero-order valence-electron chi connectivity index (χ0n) is 14.8. The maximum atomic E-state index is 6.28. The van der Waals surface area contributed by atoms with Crippen LogP contribution in [0.1, 0.15) is 5.69 Å². The molecule has 2 heterocycles. The van der Waals surface area contributed by atoms with Gasteiger partial charge in [-0.15, -0.1) is 0 Å². The summed E-state index contributed by atoms with van der Waals surface area (Å²) in [5.41, 5.74) is 2.58. The van der Waals surface area contributed by atoms with Gasteiger partial charge in [0.15, 0.2) is 11.5 Å². The summed E-state index contributed by atoms with van der Waals surface area (Å²) in [5, 5.41) is 1.81. The second-order valence-electron chi connectivity index (χ2n) is 5.91. The Balaban J connectivity index is 1.88. The van der Waals surface area contributed by atoms with E-state index in [1.165, 1.54) is 0 Å². The molecule has 0 N–H and O–H groups in total. The summed E-state index contributed by atoms with van der Waals surface area (Å²) >= 11 is 0. The lowest BCUT2D eigenvalue weighted by atomic mass is 10.1. The van der Waals surface area contributed by atoms with Gasteiger partial charge in [-0.05, 0) is 31.2 Å². The Labute approximate surface area is 151 Å². The average molecular weight is 346 g/mol. The van der Waals surface area contributed by atoms with Crippen LogP contribution < -0.4 is 14.2 Å². The Morgan fingerprint density at radius 3 is 2.31 bits per heavy atom. The third-order valence-electron chi connectivity index (χ3n) is 4.23. The normalized spacial score (nSPS) is 10.9. The summed E-state index contributed by atoms with van der Waals surface area (Å²) in [6.45, 7) is 1.96. The molecule has 0 spiro atoms. The zero-order valence-corrected chi connectivity index (χ0v) is 14.8. The fraction of sp³-hybridized carbons (Fsp3) is 0.143. The average Bonchev–Trinajstić information content (AvgIpc) is 2.67. The predicted octanol–water partition coefficient (Wildman–Crippen LogP) is 4.90. The molecule has 4 aromatic rings. The van der Waals surface area contributed by atoms with Crippen LogP contribution in [0.25, 0.3) is 21.8 Å². The number of benzene rings is 2. The van der Waals surface area contributed by atoms with Crippen molar-refractivity contribution in [2.24, 2.45) is 0 Å². The molecular weight excluding hydrogens is 328 g/mol. The number of methoxy groups -OCH3 is 2. The van der Waals surface area contributed by atoms with E-state index in [1.54, 1.807) is 20.4 Å². The van der Waals surface area contributed by atoms with Gasteiger partial charge in [-0.1, -0.05) is 12.1 Å². The van der Waals surface area contributed by atoms with Crippen LogP contribution in [-0.2, 0) is 0 Å². The first kappa shape index (κ1) is 16.1. The molecule has 0 aliphatic heterocycles. The second kappa shape index (κ2) is 6.52. The molecule has 2 aromatic heterocycles. The van der Waals surface area contributed by atoms with Crippen molar-refractivity contribution < 1.29 is 14.2 Å². The molecule has 0 bridgehead atoms. The number of aryl methyl sites for hydroxylation is 1. The smallest absolute Gasteiger partial charge is 0.162 e. The standard InChI is InChI=1S/C21H18N2O3/c1-13-10-19(14-6-4-5-7-16(14)23-13)26-18-8-9-22-17-12-21(25-3)20(24-2)11-15(17)18/h4-12H,1-3H3. The van der Waals surface area contributed by atoms with Crippen molar-refractivity contribution >= 4 is 21.8 Å². The predicted molar refractivity (Wildman–Crippen MR) is 101 cm³/mol. The van der Waals surface area contributed by atoms with Gasteiger partial charge in [0.1, 0.15) is 11.5 Å². The molecule has 5 nitrogen and oxygen atoms in total. The lowest BCUT2D eigenvalue weighted by molar-refractivity contribution is 0.355.